The fourth-order valence-corrected chi connectivity index (χ4v) is 2.90. The molecule has 2 heteroatoms. The van der Waals surface area contributed by atoms with E-state index in [-0.39, 0.29) is 4.83 Å². The topological polar surface area (TPSA) is 13.1 Å². The van der Waals surface area contributed by atoms with Crippen LogP contribution in [-0.4, -0.2) is 0 Å². The van der Waals surface area contributed by atoms with Crippen LogP contribution in [0, 0.1) is 0 Å². The Labute approximate surface area is 117 Å². The molecule has 0 bridgehead atoms. The Hall–Kier alpha value is -1.02. The van der Waals surface area contributed by atoms with Crippen LogP contribution in [0.3, 0.4) is 0 Å². The van der Waals surface area contributed by atoms with Gasteiger partial charge in [0.2, 0.25) is 0 Å². The lowest BCUT2D eigenvalue weighted by Gasteiger charge is -2.11. The van der Waals surface area contributed by atoms with E-state index in [1.165, 1.54) is 23.1 Å². The van der Waals surface area contributed by atoms with E-state index in [0.29, 0.717) is 0 Å². The van der Waals surface area contributed by atoms with Crippen molar-refractivity contribution in [2.45, 2.75) is 37.9 Å². The third-order valence-electron chi connectivity index (χ3n) is 3.19. The third kappa shape index (κ3) is 2.86. The van der Waals surface area contributed by atoms with E-state index < -0.39 is 0 Å². The van der Waals surface area contributed by atoms with Gasteiger partial charge in [0.25, 0.3) is 0 Å². The molecule has 0 spiro atoms. The molecule has 0 aliphatic rings. The Morgan fingerprint density at radius 2 is 1.83 bits per heavy atom. The van der Waals surface area contributed by atoms with Crippen LogP contribution < -0.4 is 0 Å². The fourth-order valence-electron chi connectivity index (χ4n) is 2.19. The Morgan fingerprint density at radius 1 is 1.11 bits per heavy atom. The van der Waals surface area contributed by atoms with Crippen molar-refractivity contribution in [3.63, 3.8) is 0 Å². The van der Waals surface area contributed by atoms with Crippen LogP contribution in [0.2, 0.25) is 0 Å². The minimum atomic E-state index is 0.224. The van der Waals surface area contributed by atoms with E-state index >= 15 is 0 Å². The van der Waals surface area contributed by atoms with Crippen molar-refractivity contribution in [2.24, 2.45) is 0 Å². The molecule has 2 rings (SSSR count). The zero-order valence-electron chi connectivity index (χ0n) is 10.9. The Balaban J connectivity index is 2.20. The van der Waals surface area contributed by atoms with Crippen LogP contribution in [0.25, 0.3) is 0 Å². The van der Waals surface area contributed by atoms with Gasteiger partial charge in [0, 0.05) is 12.0 Å². The lowest BCUT2D eigenvalue weighted by Crippen LogP contribution is -1.95. The van der Waals surface area contributed by atoms with Crippen molar-refractivity contribution >= 4 is 15.9 Å². The van der Waals surface area contributed by atoms with Gasteiger partial charge in [0.1, 0.15) is 5.76 Å². The number of hydrogen-bond acceptors (Lipinski definition) is 1. The summed E-state index contributed by atoms with van der Waals surface area (Å²) in [6, 6.07) is 10.9. The van der Waals surface area contributed by atoms with E-state index in [4.69, 9.17) is 4.42 Å². The standard InChI is InChI=1S/C16H19BrO/c1-3-5-12-6-8-13(9-7-12)16(17)14-10-11-18-15(14)4-2/h6-11,16H,3-5H2,1-2H3. The number of benzene rings is 1. The van der Waals surface area contributed by atoms with Crippen molar-refractivity contribution < 1.29 is 4.42 Å². The van der Waals surface area contributed by atoms with Gasteiger partial charge in [0.15, 0.2) is 0 Å². The summed E-state index contributed by atoms with van der Waals surface area (Å²) < 4.78 is 5.49. The lowest BCUT2D eigenvalue weighted by atomic mass is 10.0. The highest BCUT2D eigenvalue weighted by Crippen LogP contribution is 2.33. The number of furan rings is 1. The molecule has 1 atom stereocenters. The van der Waals surface area contributed by atoms with Crippen LogP contribution in [0.4, 0.5) is 0 Å². The molecule has 18 heavy (non-hydrogen) atoms. The average molecular weight is 307 g/mol. The van der Waals surface area contributed by atoms with Gasteiger partial charge in [-0.25, -0.2) is 0 Å². The van der Waals surface area contributed by atoms with Crippen LogP contribution >= 0.6 is 15.9 Å². The molecule has 1 unspecified atom stereocenters. The normalized spacial score (nSPS) is 12.6. The van der Waals surface area contributed by atoms with Gasteiger partial charge in [-0.1, -0.05) is 60.5 Å². The second-order valence-corrected chi connectivity index (χ2v) is 5.42. The Morgan fingerprint density at radius 3 is 2.44 bits per heavy atom. The molecule has 2 aromatic rings. The van der Waals surface area contributed by atoms with Gasteiger partial charge in [0.05, 0.1) is 11.1 Å². The summed E-state index contributed by atoms with van der Waals surface area (Å²) >= 11 is 3.77. The predicted molar refractivity (Wildman–Crippen MR) is 79.3 cm³/mol. The zero-order valence-corrected chi connectivity index (χ0v) is 12.5. The van der Waals surface area contributed by atoms with Crippen LogP contribution in [0.5, 0.6) is 0 Å². The molecule has 0 saturated carbocycles. The predicted octanol–water partition coefficient (Wildman–Crippen LogP) is 5.28. The van der Waals surface area contributed by atoms with E-state index in [1.807, 2.05) is 0 Å². The molecule has 1 aromatic heterocycles. The maximum Gasteiger partial charge on any atom is 0.108 e. The molecule has 0 N–H and O–H groups in total. The zero-order chi connectivity index (χ0) is 13.0. The van der Waals surface area contributed by atoms with E-state index in [2.05, 4.69) is 60.1 Å². The first-order chi connectivity index (χ1) is 8.76. The molecule has 96 valence electrons. The first-order valence-electron chi connectivity index (χ1n) is 6.55. The highest BCUT2D eigenvalue weighted by Gasteiger charge is 2.15. The number of rotatable bonds is 5. The molecule has 0 radical (unpaired) electrons. The Kier molecular flexibility index (Phi) is 4.65. The maximum absolute atomic E-state index is 5.49. The average Bonchev–Trinajstić information content (AvgIpc) is 2.87. The molecule has 0 fully saturated rings. The smallest absolute Gasteiger partial charge is 0.108 e. The molecular formula is C16H19BrO. The van der Waals surface area contributed by atoms with Gasteiger partial charge in [-0.05, 0) is 23.6 Å². The van der Waals surface area contributed by atoms with Crippen LogP contribution in [0.1, 0.15) is 47.5 Å². The monoisotopic (exact) mass is 306 g/mol. The van der Waals surface area contributed by atoms with Gasteiger partial charge in [-0.3, -0.25) is 0 Å². The lowest BCUT2D eigenvalue weighted by molar-refractivity contribution is 0.512. The quantitative estimate of drug-likeness (QED) is 0.685. The highest BCUT2D eigenvalue weighted by molar-refractivity contribution is 9.09. The SMILES string of the molecule is CCCc1ccc(C(Br)c2ccoc2CC)cc1. The Bertz CT molecular complexity index is 484. The third-order valence-corrected chi connectivity index (χ3v) is 4.21. The van der Waals surface area contributed by atoms with Crippen LogP contribution in [-0.2, 0) is 12.8 Å². The van der Waals surface area contributed by atoms with E-state index in [0.717, 1.165) is 18.6 Å². The number of alkyl halides is 1. The van der Waals surface area contributed by atoms with E-state index in [9.17, 15) is 0 Å². The molecule has 0 aliphatic carbocycles. The molecule has 0 aliphatic heterocycles. The second kappa shape index (κ2) is 6.24. The minimum Gasteiger partial charge on any atom is -0.469 e. The first-order valence-corrected chi connectivity index (χ1v) is 7.47. The van der Waals surface area contributed by atoms with Gasteiger partial charge in [-0.15, -0.1) is 0 Å². The van der Waals surface area contributed by atoms with Gasteiger partial charge in [-0.2, -0.15) is 0 Å². The minimum absolute atomic E-state index is 0.224. The second-order valence-electron chi connectivity index (χ2n) is 4.51. The van der Waals surface area contributed by atoms with Gasteiger partial charge >= 0.3 is 0 Å². The first kappa shape index (κ1) is 13.4. The number of aryl methyl sites for hydroxylation is 2. The van der Waals surface area contributed by atoms with Crippen molar-refractivity contribution in [3.8, 4) is 0 Å². The molecule has 1 heterocycles. The molecule has 1 aromatic carbocycles. The molecule has 0 saturated heterocycles. The summed E-state index contributed by atoms with van der Waals surface area (Å²) in [4.78, 5) is 0.224. The van der Waals surface area contributed by atoms with Gasteiger partial charge < -0.3 is 4.42 Å². The summed E-state index contributed by atoms with van der Waals surface area (Å²) in [5, 5.41) is 0. The summed E-state index contributed by atoms with van der Waals surface area (Å²) in [6.45, 7) is 4.33. The van der Waals surface area contributed by atoms with Crippen molar-refractivity contribution in [3.05, 3.63) is 59.0 Å². The van der Waals surface area contributed by atoms with Crippen molar-refractivity contribution in [1.82, 2.24) is 0 Å². The van der Waals surface area contributed by atoms with E-state index in [1.54, 1.807) is 6.26 Å². The summed E-state index contributed by atoms with van der Waals surface area (Å²) in [5.41, 5.74) is 3.93. The maximum atomic E-state index is 5.49. The van der Waals surface area contributed by atoms with Crippen molar-refractivity contribution in [1.29, 1.82) is 0 Å². The van der Waals surface area contributed by atoms with Crippen LogP contribution in [0.15, 0.2) is 41.0 Å². The molecule has 1 nitrogen and oxygen atoms in total. The largest absolute Gasteiger partial charge is 0.469 e. The fraction of sp³-hybridized carbons (Fsp3) is 0.375. The van der Waals surface area contributed by atoms with Crippen molar-refractivity contribution in [2.75, 3.05) is 0 Å². The molecular weight excluding hydrogens is 288 g/mol. The summed E-state index contributed by atoms with van der Waals surface area (Å²) in [7, 11) is 0. The summed E-state index contributed by atoms with van der Waals surface area (Å²) in [5.74, 6) is 1.06. The number of hydrogen-bond donors (Lipinski definition) is 0. The molecule has 0 amide bonds. The summed E-state index contributed by atoms with van der Waals surface area (Å²) in [6.07, 6.45) is 5.05. The number of halogens is 1. The highest BCUT2D eigenvalue weighted by atomic mass is 79.9.